The molecule has 0 heterocycles. The smallest absolute Gasteiger partial charge is 0.462 e. The van der Waals surface area contributed by atoms with E-state index < -0.39 is 97.5 Å². The largest absolute Gasteiger partial charge is 0.472 e. The second kappa shape index (κ2) is 68.8. The Labute approximate surface area is 588 Å². The highest BCUT2D eigenvalue weighted by Gasteiger charge is 2.30. The Kier molecular flexibility index (Phi) is 67.4. The Hall–Kier alpha value is -1.94. The summed E-state index contributed by atoms with van der Waals surface area (Å²) in [6.45, 7) is 9.58. The number of phosphoric ester groups is 2. The van der Waals surface area contributed by atoms with Crippen molar-refractivity contribution in [1.82, 2.24) is 0 Å². The van der Waals surface area contributed by atoms with E-state index in [1.165, 1.54) is 218 Å². The fourth-order valence-corrected chi connectivity index (χ4v) is 13.4. The molecule has 0 rings (SSSR count). The van der Waals surface area contributed by atoms with E-state index in [2.05, 4.69) is 41.5 Å². The van der Waals surface area contributed by atoms with Crippen molar-refractivity contribution in [2.45, 2.75) is 419 Å². The molecule has 0 aromatic carbocycles. The van der Waals surface area contributed by atoms with Crippen LogP contribution in [0.15, 0.2) is 0 Å². The van der Waals surface area contributed by atoms with Crippen molar-refractivity contribution in [1.29, 1.82) is 0 Å². The molecule has 5 atom stereocenters. The van der Waals surface area contributed by atoms with Gasteiger partial charge < -0.3 is 33.8 Å². The highest BCUT2D eigenvalue weighted by Crippen LogP contribution is 2.45. The van der Waals surface area contributed by atoms with E-state index in [4.69, 9.17) is 37.0 Å². The van der Waals surface area contributed by atoms with Gasteiger partial charge in [-0.3, -0.25) is 37.3 Å². The first-order chi connectivity index (χ1) is 46.4. The van der Waals surface area contributed by atoms with Crippen LogP contribution < -0.4 is 0 Å². The average molecular weight is 1410 g/mol. The van der Waals surface area contributed by atoms with Crippen molar-refractivity contribution in [3.63, 3.8) is 0 Å². The van der Waals surface area contributed by atoms with Crippen molar-refractivity contribution in [3.05, 3.63) is 0 Å². The number of rotatable bonds is 76. The molecule has 17 nitrogen and oxygen atoms in total. The average Bonchev–Trinajstić information content (AvgIpc) is 1.38. The third-order valence-electron chi connectivity index (χ3n) is 18.0. The summed E-state index contributed by atoms with van der Waals surface area (Å²) in [6.07, 6.45) is 56.9. The number of hydrogen-bond donors (Lipinski definition) is 3. The summed E-state index contributed by atoms with van der Waals surface area (Å²) in [5.41, 5.74) is 0. The maximum Gasteiger partial charge on any atom is 0.472 e. The fraction of sp³-hybridized carbons (Fsp3) is 0.948. The third kappa shape index (κ3) is 70.5. The van der Waals surface area contributed by atoms with Gasteiger partial charge in [0.25, 0.3) is 0 Å². The third-order valence-corrected chi connectivity index (χ3v) is 19.9. The van der Waals surface area contributed by atoms with Crippen LogP contribution in [-0.4, -0.2) is 96.7 Å². The number of carbonyl (C=O) groups excluding carboxylic acids is 4. The topological polar surface area (TPSA) is 237 Å². The van der Waals surface area contributed by atoms with Crippen molar-refractivity contribution in [2.24, 2.45) is 11.8 Å². The van der Waals surface area contributed by atoms with Crippen LogP contribution in [0.5, 0.6) is 0 Å². The Morgan fingerprint density at radius 2 is 0.479 bits per heavy atom. The van der Waals surface area contributed by atoms with Gasteiger partial charge in [0.05, 0.1) is 26.4 Å². The van der Waals surface area contributed by atoms with Crippen LogP contribution in [0.1, 0.15) is 401 Å². The predicted molar refractivity (Wildman–Crippen MR) is 391 cm³/mol. The number of phosphoric acid groups is 2. The number of ether oxygens (including phenoxy) is 4. The molecule has 3 N–H and O–H groups in total. The molecule has 0 aromatic rings. The number of esters is 4. The van der Waals surface area contributed by atoms with Gasteiger partial charge in [0.1, 0.15) is 19.3 Å². The number of hydrogen-bond acceptors (Lipinski definition) is 15. The quantitative estimate of drug-likeness (QED) is 0.0222. The molecule has 0 aliphatic carbocycles. The molecule has 0 fully saturated rings. The monoisotopic (exact) mass is 1410 g/mol. The molecule has 0 radical (unpaired) electrons. The number of unbranched alkanes of at least 4 members (excludes halogenated alkanes) is 46. The summed E-state index contributed by atoms with van der Waals surface area (Å²) in [7, 11) is -9.91. The van der Waals surface area contributed by atoms with Gasteiger partial charge in [0.15, 0.2) is 12.2 Å². The lowest BCUT2D eigenvalue weighted by Crippen LogP contribution is -2.30. The van der Waals surface area contributed by atoms with Crippen molar-refractivity contribution < 1.29 is 80.2 Å². The summed E-state index contributed by atoms with van der Waals surface area (Å²) in [4.78, 5) is 72.8. The van der Waals surface area contributed by atoms with Crippen LogP contribution >= 0.6 is 15.6 Å². The highest BCUT2D eigenvalue weighted by molar-refractivity contribution is 7.47. The SMILES string of the molecule is CCCCCCCCCCCCCCCCCCCCCC(=O)O[C@H](COC(=O)CCCCCCCCCCCCCCC(C)C)COP(=O)(O)OC[C@@H](O)COP(=O)(O)OC[C@@H](COC(=O)CCCCCCCCCCCC)OC(=O)CCCCCCCCCCCC(C)C. The Bertz CT molecular complexity index is 1860. The van der Waals surface area contributed by atoms with Crippen molar-refractivity contribution in [2.75, 3.05) is 39.6 Å². The molecule has 96 heavy (non-hydrogen) atoms. The van der Waals surface area contributed by atoms with E-state index in [1.54, 1.807) is 0 Å². The van der Waals surface area contributed by atoms with Gasteiger partial charge in [-0.05, 0) is 37.5 Å². The maximum atomic E-state index is 13.1. The van der Waals surface area contributed by atoms with Crippen LogP contribution in [0, 0.1) is 11.8 Å². The predicted octanol–water partition coefficient (Wildman–Crippen LogP) is 22.7. The minimum absolute atomic E-state index is 0.106. The van der Waals surface area contributed by atoms with Crippen LogP contribution in [0.2, 0.25) is 0 Å². The molecule has 0 amide bonds. The molecule has 570 valence electrons. The standard InChI is InChI=1S/C77H150O17P2/c1-7-9-11-13-15-17-19-20-21-22-23-24-25-26-31-37-43-49-55-61-76(81)93-72(66-88-75(80)60-54-48-42-36-30-28-27-29-33-39-45-51-57-69(3)4)67-91-95(83,84)89-63-71(78)64-90-96(85,86)92-68-73(65-87-74(79)59-53-47-41-35-18-16-14-12-10-8-2)94-77(82)62-56-50-44-38-32-34-40-46-52-58-70(5)6/h69-73,78H,7-68H2,1-6H3,(H,83,84)(H,85,86)/t71-,72-,73-/m1/s1. The second-order valence-electron chi connectivity index (χ2n) is 28.7. The Morgan fingerprint density at radius 1 is 0.281 bits per heavy atom. The van der Waals surface area contributed by atoms with Gasteiger partial charge in [0.2, 0.25) is 0 Å². The summed E-state index contributed by atoms with van der Waals surface area (Å²) >= 11 is 0. The highest BCUT2D eigenvalue weighted by atomic mass is 31.2. The normalized spacial score (nSPS) is 14.0. The van der Waals surface area contributed by atoms with Crippen LogP contribution in [0.3, 0.4) is 0 Å². The van der Waals surface area contributed by atoms with Gasteiger partial charge in [-0.2, -0.15) is 0 Å². The molecule has 0 aliphatic rings. The molecule has 0 aliphatic heterocycles. The van der Waals surface area contributed by atoms with E-state index in [9.17, 15) is 43.2 Å². The van der Waals surface area contributed by atoms with Crippen LogP contribution in [0.4, 0.5) is 0 Å². The van der Waals surface area contributed by atoms with Gasteiger partial charge in [0, 0.05) is 25.7 Å². The second-order valence-corrected chi connectivity index (χ2v) is 31.6. The van der Waals surface area contributed by atoms with Gasteiger partial charge in [-0.25, -0.2) is 9.13 Å². The lowest BCUT2D eigenvalue weighted by molar-refractivity contribution is -0.161. The van der Waals surface area contributed by atoms with Crippen LogP contribution in [-0.2, 0) is 65.4 Å². The minimum Gasteiger partial charge on any atom is -0.462 e. The van der Waals surface area contributed by atoms with Crippen molar-refractivity contribution in [3.8, 4) is 0 Å². The molecule has 2 unspecified atom stereocenters. The Balaban J connectivity index is 5.23. The zero-order valence-corrected chi connectivity index (χ0v) is 64.5. The van der Waals surface area contributed by atoms with E-state index in [-0.39, 0.29) is 25.7 Å². The number of aliphatic hydroxyl groups is 1. The lowest BCUT2D eigenvalue weighted by atomic mass is 10.0. The van der Waals surface area contributed by atoms with Crippen molar-refractivity contribution >= 4 is 39.5 Å². The summed E-state index contributed by atoms with van der Waals surface area (Å²) < 4.78 is 68.5. The lowest BCUT2D eigenvalue weighted by Gasteiger charge is -2.21. The zero-order valence-electron chi connectivity index (χ0n) is 62.7. The molecule has 19 heteroatoms. The molecular formula is C77H150O17P2. The van der Waals surface area contributed by atoms with Gasteiger partial charge in [-0.1, -0.05) is 350 Å². The molecule has 0 aromatic heterocycles. The van der Waals surface area contributed by atoms with E-state index >= 15 is 0 Å². The first kappa shape index (κ1) is 94.1. The molecule has 0 saturated carbocycles. The number of aliphatic hydroxyl groups excluding tert-OH is 1. The van der Waals surface area contributed by atoms with Gasteiger partial charge in [-0.15, -0.1) is 0 Å². The molecule has 0 bridgehead atoms. The van der Waals surface area contributed by atoms with Crippen LogP contribution in [0.25, 0.3) is 0 Å². The number of carbonyl (C=O) groups is 4. The van der Waals surface area contributed by atoms with E-state index in [1.807, 2.05) is 0 Å². The summed E-state index contributed by atoms with van der Waals surface area (Å²) in [5, 5.41) is 10.6. The first-order valence-corrected chi connectivity index (χ1v) is 43.0. The molecular weight excluding hydrogens is 1260 g/mol. The Morgan fingerprint density at radius 3 is 0.708 bits per heavy atom. The zero-order chi connectivity index (χ0) is 70.7. The fourth-order valence-electron chi connectivity index (χ4n) is 11.8. The molecule has 0 saturated heterocycles. The molecule has 0 spiro atoms. The minimum atomic E-state index is -4.96. The van der Waals surface area contributed by atoms with Gasteiger partial charge >= 0.3 is 39.5 Å². The summed E-state index contributed by atoms with van der Waals surface area (Å²) in [5.74, 6) is -0.596. The first-order valence-electron chi connectivity index (χ1n) is 40.0. The van der Waals surface area contributed by atoms with E-state index in [0.29, 0.717) is 25.7 Å². The maximum absolute atomic E-state index is 13.1. The van der Waals surface area contributed by atoms with E-state index in [0.717, 1.165) is 102 Å². The summed E-state index contributed by atoms with van der Waals surface area (Å²) in [6, 6.07) is 0.